The molecule has 1 heterocycles. The molecular weight excluding hydrogens is 343 g/mol. The van der Waals surface area contributed by atoms with E-state index in [0.29, 0.717) is 15.3 Å². The Hall–Kier alpha value is -1.43. The van der Waals surface area contributed by atoms with E-state index >= 15 is 0 Å². The van der Waals surface area contributed by atoms with Crippen LogP contribution in [0.2, 0.25) is 0 Å². The molecule has 0 aliphatic rings. The van der Waals surface area contributed by atoms with Crippen LogP contribution in [0, 0.1) is 5.82 Å². The van der Waals surface area contributed by atoms with Crippen molar-refractivity contribution in [3.8, 4) is 16.2 Å². The van der Waals surface area contributed by atoms with Gasteiger partial charge in [0.05, 0.1) is 17.0 Å². The molecular formula is C15H10BrFO2S. The Morgan fingerprint density at radius 2 is 1.85 bits per heavy atom. The van der Waals surface area contributed by atoms with Crippen LogP contribution in [-0.4, -0.2) is 11.7 Å². The molecule has 5 heteroatoms. The number of thiophene rings is 1. The fraction of sp³-hybridized carbons (Fsp3) is 0.0667. The van der Waals surface area contributed by atoms with Crippen LogP contribution < -0.4 is 4.74 Å². The average Bonchev–Trinajstić information content (AvgIpc) is 2.72. The maximum Gasteiger partial charge on any atom is 0.194 e. The second-order valence-electron chi connectivity index (χ2n) is 4.28. The number of fused-ring (bicyclic) bond motifs is 1. The van der Waals surface area contributed by atoms with E-state index in [1.54, 1.807) is 25.3 Å². The smallest absolute Gasteiger partial charge is 0.194 e. The zero-order chi connectivity index (χ0) is 14.3. The van der Waals surface area contributed by atoms with Crippen molar-refractivity contribution in [2.24, 2.45) is 0 Å². The van der Waals surface area contributed by atoms with Crippen LogP contribution in [0.25, 0.3) is 20.5 Å². The maximum atomic E-state index is 13.0. The summed E-state index contributed by atoms with van der Waals surface area (Å²) in [6.45, 7) is 0. The minimum atomic E-state index is -1.30. The Bertz CT molecular complexity index is 781. The topological polar surface area (TPSA) is 32.3 Å². The van der Waals surface area contributed by atoms with Gasteiger partial charge in [0.2, 0.25) is 0 Å². The highest BCUT2D eigenvalue weighted by molar-refractivity contribution is 9.10. The van der Waals surface area contributed by atoms with E-state index in [0.717, 1.165) is 15.4 Å². The highest BCUT2D eigenvalue weighted by Gasteiger charge is 2.22. The van der Waals surface area contributed by atoms with Gasteiger partial charge in [0.15, 0.2) is 9.58 Å². The van der Waals surface area contributed by atoms with E-state index in [9.17, 15) is 8.94 Å². The molecule has 2 aromatic carbocycles. The predicted octanol–water partition coefficient (Wildman–Crippen LogP) is 5.14. The van der Waals surface area contributed by atoms with Crippen molar-refractivity contribution < 1.29 is 13.7 Å². The average molecular weight is 353 g/mol. The summed E-state index contributed by atoms with van der Waals surface area (Å²) in [5.74, 6) is 0.353. The minimum absolute atomic E-state index is 0.312. The number of ether oxygens (including phenoxy) is 1. The fourth-order valence-corrected chi connectivity index (χ4v) is 4.70. The highest BCUT2D eigenvalue weighted by atomic mass is 79.9. The zero-order valence-corrected chi connectivity index (χ0v) is 12.9. The van der Waals surface area contributed by atoms with Crippen molar-refractivity contribution in [1.82, 2.24) is 0 Å². The standard InChI is InChI=1S/C15H10BrFO2S/c1-19-11-6-7-12-13(8-11)20(18)15(14(12)16)9-2-4-10(17)5-3-9/h2-8H,1H3. The Kier molecular flexibility index (Phi) is 3.50. The lowest BCUT2D eigenvalue weighted by atomic mass is 10.1. The molecule has 1 unspecified atom stereocenters. The van der Waals surface area contributed by atoms with Crippen LogP contribution in [0.5, 0.6) is 5.75 Å². The van der Waals surface area contributed by atoms with Crippen LogP contribution in [-0.2, 0) is 0 Å². The number of rotatable bonds is 2. The molecule has 0 radical (unpaired) electrons. The quantitative estimate of drug-likeness (QED) is 0.597. The summed E-state index contributed by atoms with van der Waals surface area (Å²) in [5.41, 5.74) is 0.742. The molecule has 1 atom stereocenters. The van der Waals surface area contributed by atoms with Gasteiger partial charge in [-0.05, 0) is 63.1 Å². The maximum absolute atomic E-state index is 13.0. The Morgan fingerprint density at radius 3 is 2.50 bits per heavy atom. The first kappa shape index (κ1) is 13.5. The monoisotopic (exact) mass is 352 g/mol. The molecule has 0 bridgehead atoms. The molecule has 0 spiro atoms. The minimum Gasteiger partial charge on any atom is -0.590 e. The van der Waals surface area contributed by atoms with Crippen LogP contribution in [0.1, 0.15) is 0 Å². The third-order valence-electron chi connectivity index (χ3n) is 3.12. The molecule has 0 saturated heterocycles. The molecule has 1 aromatic heterocycles. The lowest BCUT2D eigenvalue weighted by Crippen LogP contribution is -1.80. The second-order valence-corrected chi connectivity index (χ2v) is 6.46. The van der Waals surface area contributed by atoms with Gasteiger partial charge in [-0.25, -0.2) is 4.39 Å². The summed E-state index contributed by atoms with van der Waals surface area (Å²) in [6.07, 6.45) is 0. The predicted molar refractivity (Wildman–Crippen MR) is 82.2 cm³/mol. The van der Waals surface area contributed by atoms with E-state index in [2.05, 4.69) is 15.9 Å². The van der Waals surface area contributed by atoms with Crippen molar-refractivity contribution >= 4 is 36.8 Å². The Morgan fingerprint density at radius 1 is 1.15 bits per heavy atom. The van der Waals surface area contributed by atoms with Crippen LogP contribution in [0.3, 0.4) is 0 Å². The largest absolute Gasteiger partial charge is 0.590 e. The molecule has 0 aliphatic heterocycles. The van der Waals surface area contributed by atoms with E-state index in [1.807, 2.05) is 12.1 Å². The first-order chi connectivity index (χ1) is 9.61. The molecule has 3 aromatic rings. The third kappa shape index (κ3) is 2.12. The summed E-state index contributed by atoms with van der Waals surface area (Å²) in [6, 6.07) is 11.5. The lowest BCUT2D eigenvalue weighted by molar-refractivity contribution is 0.415. The van der Waals surface area contributed by atoms with Crippen LogP contribution in [0.4, 0.5) is 4.39 Å². The molecule has 0 aliphatic carbocycles. The molecule has 2 nitrogen and oxygen atoms in total. The first-order valence-corrected chi connectivity index (χ1v) is 7.82. The van der Waals surface area contributed by atoms with E-state index in [4.69, 9.17) is 4.74 Å². The molecule has 0 fully saturated rings. The summed E-state index contributed by atoms with van der Waals surface area (Å²) >= 11 is 3.50. The number of methoxy groups -OCH3 is 1. The summed E-state index contributed by atoms with van der Waals surface area (Å²) in [5, 5.41) is 0.878. The van der Waals surface area contributed by atoms with Crippen LogP contribution >= 0.6 is 26.7 Å². The van der Waals surface area contributed by atoms with Crippen molar-refractivity contribution in [3.05, 3.63) is 52.8 Å². The SMILES string of the molecule is COc1ccc2c(Br)c(-c3ccc(F)cc3)[s+]([O-])c2c1. The molecule has 3 rings (SSSR count). The third-order valence-corrected chi connectivity index (χ3v) is 5.75. The van der Waals surface area contributed by atoms with E-state index < -0.39 is 10.8 Å². The second kappa shape index (κ2) is 5.16. The number of hydrogen-bond acceptors (Lipinski definition) is 2. The van der Waals surface area contributed by atoms with Gasteiger partial charge < -0.3 is 9.29 Å². The van der Waals surface area contributed by atoms with Crippen molar-refractivity contribution in [2.45, 2.75) is 0 Å². The number of benzene rings is 2. The van der Waals surface area contributed by atoms with Gasteiger partial charge in [0.25, 0.3) is 0 Å². The van der Waals surface area contributed by atoms with Gasteiger partial charge in [-0.1, -0.05) is 0 Å². The summed E-state index contributed by atoms with van der Waals surface area (Å²) in [7, 11) is 0.268. The molecule has 0 amide bonds. The van der Waals surface area contributed by atoms with Crippen molar-refractivity contribution in [3.63, 3.8) is 0 Å². The van der Waals surface area contributed by atoms with Gasteiger partial charge in [-0.15, -0.1) is 0 Å². The fourth-order valence-electron chi connectivity index (χ4n) is 2.11. The molecule has 0 N–H and O–H groups in total. The summed E-state index contributed by atoms with van der Waals surface area (Å²) in [4.78, 5) is 0.660. The Balaban J connectivity index is 2.28. The van der Waals surface area contributed by atoms with Crippen molar-refractivity contribution in [2.75, 3.05) is 7.11 Å². The highest BCUT2D eigenvalue weighted by Crippen LogP contribution is 2.48. The van der Waals surface area contributed by atoms with Gasteiger partial charge in [0, 0.05) is 11.6 Å². The van der Waals surface area contributed by atoms with Crippen LogP contribution in [0.15, 0.2) is 46.9 Å². The molecule has 20 heavy (non-hydrogen) atoms. The molecule has 102 valence electrons. The Labute approximate surface area is 126 Å². The van der Waals surface area contributed by atoms with Gasteiger partial charge in [0.1, 0.15) is 11.6 Å². The van der Waals surface area contributed by atoms with Gasteiger partial charge in [-0.2, -0.15) is 0 Å². The zero-order valence-electron chi connectivity index (χ0n) is 10.5. The number of halogens is 2. The van der Waals surface area contributed by atoms with Gasteiger partial charge >= 0.3 is 0 Å². The summed E-state index contributed by atoms with van der Waals surface area (Å²) < 4.78 is 32.3. The molecule has 0 saturated carbocycles. The van der Waals surface area contributed by atoms with Crippen molar-refractivity contribution in [1.29, 1.82) is 0 Å². The number of hydrogen-bond donors (Lipinski definition) is 0. The first-order valence-electron chi connectivity index (χ1n) is 5.87. The van der Waals surface area contributed by atoms with E-state index in [-0.39, 0.29) is 5.82 Å². The van der Waals surface area contributed by atoms with E-state index in [1.165, 1.54) is 12.1 Å². The van der Waals surface area contributed by atoms with Gasteiger partial charge in [-0.3, -0.25) is 0 Å². The lowest BCUT2D eigenvalue weighted by Gasteiger charge is -2.00. The normalized spacial score (nSPS) is 11.9.